The molecule has 0 unspecified atom stereocenters. The monoisotopic (exact) mass is 246 g/mol. The first-order valence-corrected chi connectivity index (χ1v) is 6.14. The van der Waals surface area contributed by atoms with Crippen LogP contribution in [0.4, 0.5) is 0 Å². The maximum atomic E-state index is 3.46. The topological polar surface area (TPSA) is 15.3 Å². The van der Waals surface area contributed by atoms with Crippen LogP contribution < -0.4 is 5.32 Å². The van der Waals surface area contributed by atoms with Gasteiger partial charge in [-0.2, -0.15) is 0 Å². The van der Waals surface area contributed by atoms with E-state index >= 15 is 0 Å². The van der Waals surface area contributed by atoms with E-state index in [1.165, 1.54) is 4.88 Å². The van der Waals surface area contributed by atoms with Crippen molar-refractivity contribution < 1.29 is 0 Å². The van der Waals surface area contributed by atoms with Gasteiger partial charge in [-0.15, -0.1) is 23.7 Å². The number of rotatable bonds is 2. The first kappa shape index (κ1) is 13.0. The minimum absolute atomic E-state index is 0. The average Bonchev–Trinajstić information content (AvgIpc) is 2.64. The van der Waals surface area contributed by atoms with Crippen molar-refractivity contribution in [3.8, 4) is 0 Å². The molecule has 0 amide bonds. The molecule has 86 valence electrons. The van der Waals surface area contributed by atoms with E-state index in [0.29, 0.717) is 12.1 Å². The Morgan fingerprint density at radius 1 is 1.40 bits per heavy atom. The Kier molecular flexibility index (Phi) is 5.06. The van der Waals surface area contributed by atoms with Gasteiger partial charge in [-0.25, -0.2) is 0 Å². The van der Waals surface area contributed by atoms with Gasteiger partial charge in [0.1, 0.15) is 0 Å². The Hall–Kier alpha value is -0.0900. The molecular formula is C11H19ClN2S. The summed E-state index contributed by atoms with van der Waals surface area (Å²) in [6.45, 7) is 7.96. The highest BCUT2D eigenvalue weighted by Gasteiger charge is 2.24. The van der Waals surface area contributed by atoms with Gasteiger partial charge in [-0.05, 0) is 25.3 Å². The van der Waals surface area contributed by atoms with Gasteiger partial charge in [0.25, 0.3) is 0 Å². The number of nitrogens with zero attached hydrogens (tertiary/aromatic N) is 1. The first-order chi connectivity index (χ1) is 6.77. The fourth-order valence-electron chi connectivity index (χ4n) is 2.06. The van der Waals surface area contributed by atoms with Crippen LogP contribution in [-0.4, -0.2) is 30.1 Å². The molecule has 1 aliphatic rings. The van der Waals surface area contributed by atoms with Crippen LogP contribution in [0.25, 0.3) is 0 Å². The summed E-state index contributed by atoms with van der Waals surface area (Å²) >= 11 is 1.86. The lowest BCUT2D eigenvalue weighted by atomic mass is 10.1. The molecule has 15 heavy (non-hydrogen) atoms. The second-order valence-electron chi connectivity index (χ2n) is 4.11. The molecule has 2 atom stereocenters. The van der Waals surface area contributed by atoms with Crippen molar-refractivity contribution in [3.05, 3.63) is 22.4 Å². The largest absolute Gasteiger partial charge is 0.314 e. The zero-order chi connectivity index (χ0) is 9.97. The third kappa shape index (κ3) is 3.18. The molecule has 4 heteroatoms. The summed E-state index contributed by atoms with van der Waals surface area (Å²) in [4.78, 5) is 4.06. The van der Waals surface area contributed by atoms with Crippen LogP contribution in [0.2, 0.25) is 0 Å². The molecule has 2 heterocycles. The predicted octanol–water partition coefficient (Wildman–Crippen LogP) is 2.35. The van der Waals surface area contributed by atoms with Gasteiger partial charge in [-0.1, -0.05) is 6.07 Å². The molecule has 0 aliphatic carbocycles. The Morgan fingerprint density at radius 2 is 2.07 bits per heavy atom. The van der Waals surface area contributed by atoms with E-state index in [2.05, 4.69) is 41.6 Å². The highest BCUT2D eigenvalue weighted by atomic mass is 35.5. The highest BCUT2D eigenvalue weighted by molar-refractivity contribution is 7.09. The zero-order valence-electron chi connectivity index (χ0n) is 9.27. The fraction of sp³-hybridized carbons (Fsp3) is 0.636. The molecule has 1 saturated heterocycles. The molecule has 0 aromatic carbocycles. The lowest BCUT2D eigenvalue weighted by Gasteiger charge is -2.39. The van der Waals surface area contributed by atoms with Crippen LogP contribution in [-0.2, 0) is 6.54 Å². The van der Waals surface area contributed by atoms with Crippen molar-refractivity contribution >= 4 is 23.7 Å². The van der Waals surface area contributed by atoms with Gasteiger partial charge < -0.3 is 5.32 Å². The summed E-state index contributed by atoms with van der Waals surface area (Å²) in [6.07, 6.45) is 0. The molecule has 1 N–H and O–H groups in total. The van der Waals surface area contributed by atoms with Gasteiger partial charge in [0.15, 0.2) is 0 Å². The maximum Gasteiger partial charge on any atom is 0.0334 e. The summed E-state index contributed by atoms with van der Waals surface area (Å²) in [5.74, 6) is 0. The summed E-state index contributed by atoms with van der Waals surface area (Å²) < 4.78 is 0. The molecular weight excluding hydrogens is 228 g/mol. The van der Waals surface area contributed by atoms with E-state index in [-0.39, 0.29) is 12.4 Å². The molecule has 1 aliphatic heterocycles. The number of hydrogen-bond acceptors (Lipinski definition) is 3. The Morgan fingerprint density at radius 3 is 2.60 bits per heavy atom. The van der Waals surface area contributed by atoms with E-state index < -0.39 is 0 Å². The van der Waals surface area contributed by atoms with Crippen LogP contribution >= 0.6 is 23.7 Å². The number of halogens is 1. The van der Waals surface area contributed by atoms with Crippen molar-refractivity contribution in [1.29, 1.82) is 0 Å². The number of thiophene rings is 1. The average molecular weight is 247 g/mol. The van der Waals surface area contributed by atoms with Gasteiger partial charge >= 0.3 is 0 Å². The third-order valence-electron chi connectivity index (χ3n) is 2.93. The Labute approximate surface area is 102 Å². The molecule has 0 radical (unpaired) electrons. The molecule has 0 bridgehead atoms. The summed E-state index contributed by atoms with van der Waals surface area (Å²) in [7, 11) is 0. The van der Waals surface area contributed by atoms with Crippen molar-refractivity contribution in [3.63, 3.8) is 0 Å². The molecule has 0 spiro atoms. The second-order valence-corrected chi connectivity index (χ2v) is 5.14. The zero-order valence-corrected chi connectivity index (χ0v) is 10.9. The number of nitrogens with one attached hydrogen (secondary N) is 1. The lowest BCUT2D eigenvalue weighted by Crippen LogP contribution is -2.54. The summed E-state index contributed by atoms with van der Waals surface area (Å²) in [6, 6.07) is 5.67. The lowest BCUT2D eigenvalue weighted by molar-refractivity contribution is 0.110. The van der Waals surface area contributed by atoms with Crippen molar-refractivity contribution in [2.45, 2.75) is 32.5 Å². The highest BCUT2D eigenvalue weighted by Crippen LogP contribution is 2.17. The van der Waals surface area contributed by atoms with Crippen molar-refractivity contribution in [2.75, 3.05) is 13.1 Å². The molecule has 0 saturated carbocycles. The molecule has 1 fully saturated rings. The van der Waals surface area contributed by atoms with Crippen LogP contribution in [0, 0.1) is 0 Å². The van der Waals surface area contributed by atoms with Crippen LogP contribution in [0.3, 0.4) is 0 Å². The van der Waals surface area contributed by atoms with Gasteiger partial charge in [0, 0.05) is 36.6 Å². The molecule has 1 aromatic heterocycles. The number of piperazine rings is 1. The van der Waals surface area contributed by atoms with Crippen molar-refractivity contribution in [2.24, 2.45) is 0 Å². The quantitative estimate of drug-likeness (QED) is 0.862. The van der Waals surface area contributed by atoms with Crippen LogP contribution in [0.1, 0.15) is 18.7 Å². The van der Waals surface area contributed by atoms with E-state index in [1.807, 2.05) is 11.3 Å². The van der Waals surface area contributed by atoms with Gasteiger partial charge in [0.05, 0.1) is 0 Å². The molecule has 1 aromatic rings. The standard InChI is InChI=1S/C11H18N2S.ClH/c1-9-6-12-7-10(2)13(9)8-11-4-3-5-14-11;/h3-5,9-10,12H,6-8H2,1-2H3;1H/t9-,10+;. The van der Waals surface area contributed by atoms with E-state index in [4.69, 9.17) is 0 Å². The second kappa shape index (κ2) is 5.85. The van der Waals surface area contributed by atoms with E-state index in [0.717, 1.165) is 19.6 Å². The molecule has 2 nitrogen and oxygen atoms in total. The Bertz CT molecular complexity index is 266. The van der Waals surface area contributed by atoms with E-state index in [1.54, 1.807) is 0 Å². The maximum absolute atomic E-state index is 3.46. The van der Waals surface area contributed by atoms with Crippen LogP contribution in [0.15, 0.2) is 17.5 Å². The Balaban J connectivity index is 0.00000112. The van der Waals surface area contributed by atoms with Crippen LogP contribution in [0.5, 0.6) is 0 Å². The molecule has 2 rings (SSSR count). The normalized spacial score (nSPS) is 27.3. The van der Waals surface area contributed by atoms with Crippen molar-refractivity contribution in [1.82, 2.24) is 10.2 Å². The first-order valence-electron chi connectivity index (χ1n) is 5.26. The summed E-state index contributed by atoms with van der Waals surface area (Å²) in [5.41, 5.74) is 0. The van der Waals surface area contributed by atoms with Gasteiger partial charge in [0.2, 0.25) is 0 Å². The fourth-order valence-corrected chi connectivity index (χ4v) is 2.78. The smallest absolute Gasteiger partial charge is 0.0334 e. The SMILES string of the molecule is C[C@@H]1CNC[C@H](C)N1Cc1cccs1.Cl. The third-order valence-corrected chi connectivity index (χ3v) is 3.79. The number of hydrogen-bond donors (Lipinski definition) is 1. The minimum Gasteiger partial charge on any atom is -0.314 e. The predicted molar refractivity (Wildman–Crippen MR) is 68.9 cm³/mol. The summed E-state index contributed by atoms with van der Waals surface area (Å²) in [5, 5.41) is 5.62. The van der Waals surface area contributed by atoms with Gasteiger partial charge in [-0.3, -0.25) is 4.90 Å². The minimum atomic E-state index is 0. The van der Waals surface area contributed by atoms with E-state index in [9.17, 15) is 0 Å².